The molecule has 0 bridgehead atoms. The van der Waals surface area contributed by atoms with Gasteiger partial charge in [0.05, 0.1) is 38.0 Å². The van der Waals surface area contributed by atoms with Crippen LogP contribution < -0.4 is 5.32 Å². The summed E-state index contributed by atoms with van der Waals surface area (Å²) in [4.78, 5) is 6.78. The van der Waals surface area contributed by atoms with Crippen molar-refractivity contribution in [1.29, 1.82) is 0 Å². The van der Waals surface area contributed by atoms with Crippen LogP contribution in [0.25, 0.3) is 0 Å². The van der Waals surface area contributed by atoms with Crippen molar-refractivity contribution in [2.45, 2.75) is 19.1 Å². The lowest BCUT2D eigenvalue weighted by molar-refractivity contribution is 0.0183. The van der Waals surface area contributed by atoms with E-state index in [9.17, 15) is 0 Å². The molecule has 3 heterocycles. The highest BCUT2D eigenvalue weighted by molar-refractivity contribution is 5.06. The lowest BCUT2D eigenvalue weighted by Crippen LogP contribution is -2.40. The molecule has 2 atom stereocenters. The van der Waals surface area contributed by atoms with Crippen LogP contribution in [0.4, 0.5) is 0 Å². The number of imidazole rings is 1. The fourth-order valence-electron chi connectivity index (χ4n) is 2.93. The molecule has 6 heteroatoms. The Hall–Kier alpha value is -0.950. The van der Waals surface area contributed by atoms with E-state index in [2.05, 4.69) is 26.7 Å². The predicted molar refractivity (Wildman–Crippen MR) is 75.8 cm³/mol. The molecule has 2 aliphatic rings. The maximum Gasteiger partial charge on any atom is 0.111 e. The van der Waals surface area contributed by atoms with Gasteiger partial charge in [-0.05, 0) is 6.92 Å². The van der Waals surface area contributed by atoms with Gasteiger partial charge in [0, 0.05) is 38.8 Å². The van der Waals surface area contributed by atoms with Gasteiger partial charge in [-0.2, -0.15) is 0 Å². The third kappa shape index (κ3) is 3.20. The minimum Gasteiger partial charge on any atom is -0.379 e. The predicted octanol–water partition coefficient (Wildman–Crippen LogP) is 0.437. The molecule has 0 amide bonds. The molecule has 0 saturated carbocycles. The fourth-order valence-corrected chi connectivity index (χ4v) is 2.93. The maximum atomic E-state index is 5.85. The van der Waals surface area contributed by atoms with Gasteiger partial charge in [0.15, 0.2) is 0 Å². The highest BCUT2D eigenvalue weighted by atomic mass is 16.5. The molecule has 2 unspecified atom stereocenters. The topological polar surface area (TPSA) is 51.5 Å². The summed E-state index contributed by atoms with van der Waals surface area (Å²) < 4.78 is 13.5. The van der Waals surface area contributed by atoms with Crippen LogP contribution in [-0.2, 0) is 9.47 Å². The third-order valence-corrected chi connectivity index (χ3v) is 4.05. The minimum absolute atomic E-state index is 0.124. The van der Waals surface area contributed by atoms with Crippen molar-refractivity contribution < 1.29 is 9.47 Å². The van der Waals surface area contributed by atoms with Gasteiger partial charge in [-0.25, -0.2) is 4.98 Å². The molecule has 0 aromatic carbocycles. The Balaban J connectivity index is 1.64. The SMILES string of the molecule is CC(CN1CCOCC1)n1cncc1C1CNCCO1. The highest BCUT2D eigenvalue weighted by Crippen LogP contribution is 2.22. The maximum absolute atomic E-state index is 5.85. The van der Waals surface area contributed by atoms with Crippen molar-refractivity contribution in [2.75, 3.05) is 52.5 Å². The molecule has 2 fully saturated rings. The standard InChI is InChI=1S/C14H24N4O2/c1-12(10-17-3-6-19-7-4-17)18-11-16-8-13(18)14-9-15-2-5-20-14/h8,11-12,14-15H,2-7,9-10H2,1H3. The second-order valence-electron chi connectivity index (χ2n) is 5.55. The number of nitrogens with zero attached hydrogens (tertiary/aromatic N) is 3. The summed E-state index contributed by atoms with van der Waals surface area (Å²) in [5.74, 6) is 0. The lowest BCUT2D eigenvalue weighted by Gasteiger charge is -2.31. The number of nitrogens with one attached hydrogen (secondary N) is 1. The summed E-state index contributed by atoms with van der Waals surface area (Å²) in [5, 5.41) is 3.38. The highest BCUT2D eigenvalue weighted by Gasteiger charge is 2.22. The smallest absolute Gasteiger partial charge is 0.111 e. The second kappa shape index (κ2) is 6.67. The first-order valence-corrected chi connectivity index (χ1v) is 7.49. The minimum atomic E-state index is 0.124. The molecular formula is C14H24N4O2. The number of morpholine rings is 2. The monoisotopic (exact) mass is 280 g/mol. The second-order valence-corrected chi connectivity index (χ2v) is 5.55. The summed E-state index contributed by atoms with van der Waals surface area (Å²) in [6.45, 7) is 9.60. The van der Waals surface area contributed by atoms with E-state index in [0.29, 0.717) is 6.04 Å². The van der Waals surface area contributed by atoms with E-state index in [1.807, 2.05) is 12.5 Å². The van der Waals surface area contributed by atoms with Crippen LogP contribution in [0.2, 0.25) is 0 Å². The van der Waals surface area contributed by atoms with Crippen molar-refractivity contribution >= 4 is 0 Å². The molecule has 0 spiro atoms. The van der Waals surface area contributed by atoms with E-state index in [0.717, 1.165) is 52.5 Å². The van der Waals surface area contributed by atoms with Crippen molar-refractivity contribution in [3.05, 3.63) is 18.2 Å². The molecule has 0 aliphatic carbocycles. The molecule has 112 valence electrons. The summed E-state index contributed by atoms with van der Waals surface area (Å²) >= 11 is 0. The Kier molecular flexibility index (Phi) is 4.67. The van der Waals surface area contributed by atoms with E-state index in [4.69, 9.17) is 9.47 Å². The van der Waals surface area contributed by atoms with E-state index in [-0.39, 0.29) is 6.10 Å². The lowest BCUT2D eigenvalue weighted by atomic mass is 10.2. The van der Waals surface area contributed by atoms with Gasteiger partial charge in [-0.15, -0.1) is 0 Å². The molecular weight excluding hydrogens is 256 g/mol. The van der Waals surface area contributed by atoms with Gasteiger partial charge in [0.25, 0.3) is 0 Å². The van der Waals surface area contributed by atoms with Gasteiger partial charge in [0.2, 0.25) is 0 Å². The Morgan fingerprint density at radius 2 is 2.25 bits per heavy atom. The van der Waals surface area contributed by atoms with E-state index in [1.165, 1.54) is 5.69 Å². The fraction of sp³-hybridized carbons (Fsp3) is 0.786. The number of aromatic nitrogens is 2. The molecule has 1 aromatic heterocycles. The molecule has 0 radical (unpaired) electrons. The largest absolute Gasteiger partial charge is 0.379 e. The average molecular weight is 280 g/mol. The average Bonchev–Trinajstić information content (AvgIpc) is 2.99. The number of hydrogen-bond acceptors (Lipinski definition) is 5. The molecule has 2 saturated heterocycles. The van der Waals surface area contributed by atoms with Crippen LogP contribution in [0.3, 0.4) is 0 Å². The first kappa shape index (κ1) is 14.0. The molecule has 6 nitrogen and oxygen atoms in total. The number of hydrogen-bond donors (Lipinski definition) is 1. The van der Waals surface area contributed by atoms with E-state index in [1.54, 1.807) is 0 Å². The third-order valence-electron chi connectivity index (χ3n) is 4.05. The van der Waals surface area contributed by atoms with Crippen molar-refractivity contribution in [1.82, 2.24) is 19.8 Å². The van der Waals surface area contributed by atoms with Crippen LogP contribution in [0.1, 0.15) is 24.8 Å². The van der Waals surface area contributed by atoms with Crippen molar-refractivity contribution in [3.8, 4) is 0 Å². The van der Waals surface area contributed by atoms with Crippen LogP contribution in [0, 0.1) is 0 Å². The Bertz CT molecular complexity index is 411. The normalized spacial score (nSPS) is 26.6. The van der Waals surface area contributed by atoms with Crippen LogP contribution in [0.15, 0.2) is 12.5 Å². The van der Waals surface area contributed by atoms with Crippen LogP contribution >= 0.6 is 0 Å². The van der Waals surface area contributed by atoms with Gasteiger partial charge in [-0.1, -0.05) is 0 Å². The van der Waals surface area contributed by atoms with E-state index < -0.39 is 0 Å². The summed E-state index contributed by atoms with van der Waals surface area (Å²) in [6, 6.07) is 0.399. The van der Waals surface area contributed by atoms with Gasteiger partial charge < -0.3 is 19.4 Å². The zero-order valence-corrected chi connectivity index (χ0v) is 12.1. The van der Waals surface area contributed by atoms with Crippen molar-refractivity contribution in [2.24, 2.45) is 0 Å². The Labute approximate surface area is 120 Å². The quantitative estimate of drug-likeness (QED) is 0.867. The summed E-state index contributed by atoms with van der Waals surface area (Å²) in [6.07, 6.45) is 3.99. The molecule has 1 N–H and O–H groups in total. The first-order valence-electron chi connectivity index (χ1n) is 7.49. The van der Waals surface area contributed by atoms with Crippen LogP contribution in [0.5, 0.6) is 0 Å². The summed E-state index contributed by atoms with van der Waals surface area (Å²) in [7, 11) is 0. The zero-order valence-electron chi connectivity index (χ0n) is 12.1. The van der Waals surface area contributed by atoms with Crippen molar-refractivity contribution in [3.63, 3.8) is 0 Å². The Morgan fingerprint density at radius 3 is 3.00 bits per heavy atom. The van der Waals surface area contributed by atoms with E-state index >= 15 is 0 Å². The number of rotatable bonds is 4. The molecule has 1 aromatic rings. The molecule has 3 rings (SSSR count). The van der Waals surface area contributed by atoms with Gasteiger partial charge in [-0.3, -0.25) is 4.90 Å². The first-order chi connectivity index (χ1) is 9.84. The molecule has 20 heavy (non-hydrogen) atoms. The summed E-state index contributed by atoms with van der Waals surface area (Å²) in [5.41, 5.74) is 1.18. The molecule has 2 aliphatic heterocycles. The zero-order chi connectivity index (χ0) is 13.8. The van der Waals surface area contributed by atoms with Crippen LogP contribution in [-0.4, -0.2) is 67.0 Å². The number of ether oxygens (including phenoxy) is 2. The van der Waals surface area contributed by atoms with Gasteiger partial charge in [0.1, 0.15) is 6.10 Å². The van der Waals surface area contributed by atoms with Gasteiger partial charge >= 0.3 is 0 Å². The Morgan fingerprint density at radius 1 is 1.40 bits per heavy atom.